The first-order valence-electron chi connectivity index (χ1n) is 8.70. The highest BCUT2D eigenvalue weighted by Crippen LogP contribution is 2.31. The minimum absolute atomic E-state index is 0.180. The number of H-pyrrole nitrogens is 1. The van der Waals surface area contributed by atoms with Gasteiger partial charge in [-0.15, -0.1) is 0 Å². The number of para-hydroxylation sites is 2. The van der Waals surface area contributed by atoms with Gasteiger partial charge in [-0.2, -0.15) is 0 Å². The van der Waals surface area contributed by atoms with Crippen LogP contribution in [0.4, 0.5) is 5.69 Å². The average Bonchev–Trinajstić information content (AvgIpc) is 3.34. The van der Waals surface area contributed by atoms with Gasteiger partial charge in [0.15, 0.2) is 6.04 Å². The van der Waals surface area contributed by atoms with E-state index in [4.69, 9.17) is 17.3 Å². The number of primary amides is 1. The number of fused-ring (bicyclic) bond motifs is 1. The molecule has 2 unspecified atom stereocenters. The number of carbonyl (C=O) groups is 2. The molecule has 2 aromatic carbocycles. The van der Waals surface area contributed by atoms with Gasteiger partial charge in [0, 0.05) is 0 Å². The SMILES string of the molecule is NC(=O)C1(c2nc3ccccc3[nH]2)NC=NC1C(=O)Nc1cc(CO)ccc1Cl. The molecule has 1 aliphatic heterocycles. The fraction of sp³-hybridized carbons (Fsp3) is 0.158. The molecule has 29 heavy (non-hydrogen) atoms. The predicted octanol–water partition coefficient (Wildman–Crippen LogP) is 1.03. The minimum atomic E-state index is -1.69. The lowest BCUT2D eigenvalue weighted by Crippen LogP contribution is -2.59. The number of nitrogens with zero attached hydrogens (tertiary/aromatic N) is 2. The third-order valence-corrected chi connectivity index (χ3v) is 5.13. The fourth-order valence-corrected chi connectivity index (χ4v) is 3.46. The molecule has 3 aromatic rings. The normalized spacial score (nSPS) is 20.6. The summed E-state index contributed by atoms with van der Waals surface area (Å²) < 4.78 is 0. The molecule has 10 heteroatoms. The van der Waals surface area contributed by atoms with Crippen molar-refractivity contribution >= 4 is 46.5 Å². The van der Waals surface area contributed by atoms with Gasteiger partial charge in [-0.3, -0.25) is 14.6 Å². The summed E-state index contributed by atoms with van der Waals surface area (Å²) in [5.41, 5.74) is 6.17. The Kier molecular flexibility index (Phi) is 4.69. The van der Waals surface area contributed by atoms with Crippen LogP contribution in [0.3, 0.4) is 0 Å². The van der Waals surface area contributed by atoms with Crippen molar-refractivity contribution in [1.82, 2.24) is 15.3 Å². The summed E-state index contributed by atoms with van der Waals surface area (Å²) in [5, 5.41) is 15.0. The van der Waals surface area contributed by atoms with E-state index in [1.54, 1.807) is 30.3 Å². The number of halogens is 1. The van der Waals surface area contributed by atoms with Gasteiger partial charge in [-0.25, -0.2) is 4.98 Å². The second-order valence-electron chi connectivity index (χ2n) is 6.56. The van der Waals surface area contributed by atoms with Gasteiger partial charge in [0.2, 0.25) is 5.54 Å². The first-order chi connectivity index (χ1) is 14.0. The monoisotopic (exact) mass is 412 g/mol. The zero-order chi connectivity index (χ0) is 20.6. The number of nitrogens with one attached hydrogen (secondary N) is 3. The summed E-state index contributed by atoms with van der Waals surface area (Å²) in [6.45, 7) is -0.215. The number of imidazole rings is 1. The van der Waals surface area contributed by atoms with Crippen LogP contribution in [0.5, 0.6) is 0 Å². The van der Waals surface area contributed by atoms with Crippen LogP contribution in [0.1, 0.15) is 11.4 Å². The Bertz CT molecular complexity index is 1110. The fourth-order valence-electron chi connectivity index (χ4n) is 3.30. The van der Waals surface area contributed by atoms with E-state index in [9.17, 15) is 14.7 Å². The number of anilines is 1. The molecule has 2 atom stereocenters. The molecule has 2 heterocycles. The first kappa shape index (κ1) is 18.9. The highest BCUT2D eigenvalue weighted by molar-refractivity contribution is 6.33. The quantitative estimate of drug-likeness (QED) is 0.425. The van der Waals surface area contributed by atoms with Crippen molar-refractivity contribution in [1.29, 1.82) is 0 Å². The minimum Gasteiger partial charge on any atom is -0.392 e. The van der Waals surface area contributed by atoms with Crippen LogP contribution in [-0.2, 0) is 21.7 Å². The van der Waals surface area contributed by atoms with Crippen molar-refractivity contribution in [3.05, 3.63) is 58.9 Å². The van der Waals surface area contributed by atoms with Crippen molar-refractivity contribution in [2.24, 2.45) is 10.7 Å². The number of rotatable bonds is 5. The van der Waals surface area contributed by atoms with E-state index in [0.29, 0.717) is 16.6 Å². The molecule has 0 aliphatic carbocycles. The smallest absolute Gasteiger partial charge is 0.253 e. The lowest BCUT2D eigenvalue weighted by molar-refractivity contribution is -0.129. The van der Waals surface area contributed by atoms with Gasteiger partial charge in [0.1, 0.15) is 5.82 Å². The zero-order valence-corrected chi connectivity index (χ0v) is 15.8. The van der Waals surface area contributed by atoms with Gasteiger partial charge < -0.3 is 26.5 Å². The summed E-state index contributed by atoms with van der Waals surface area (Å²) in [6, 6.07) is 10.7. The maximum Gasteiger partial charge on any atom is 0.253 e. The van der Waals surface area contributed by atoms with E-state index in [0.717, 1.165) is 0 Å². The molecular formula is C19H17ClN6O3. The molecule has 1 aliphatic rings. The van der Waals surface area contributed by atoms with Crippen LogP contribution in [0, 0.1) is 0 Å². The highest BCUT2D eigenvalue weighted by Gasteiger charge is 2.54. The van der Waals surface area contributed by atoms with Crippen molar-refractivity contribution in [2.75, 3.05) is 5.32 Å². The third kappa shape index (κ3) is 3.10. The van der Waals surface area contributed by atoms with Gasteiger partial charge in [0.25, 0.3) is 11.8 Å². The van der Waals surface area contributed by atoms with Gasteiger partial charge >= 0.3 is 0 Å². The number of carbonyl (C=O) groups excluding carboxylic acids is 2. The van der Waals surface area contributed by atoms with Crippen LogP contribution >= 0.6 is 11.6 Å². The van der Waals surface area contributed by atoms with Crippen LogP contribution in [0.15, 0.2) is 47.5 Å². The number of aliphatic hydroxyl groups excluding tert-OH is 1. The van der Waals surface area contributed by atoms with E-state index >= 15 is 0 Å². The number of aliphatic hydroxyl groups is 1. The van der Waals surface area contributed by atoms with Gasteiger partial charge in [0.05, 0.1) is 34.7 Å². The average molecular weight is 413 g/mol. The second-order valence-corrected chi connectivity index (χ2v) is 6.97. The molecule has 0 saturated heterocycles. The molecule has 0 fully saturated rings. The van der Waals surface area contributed by atoms with E-state index in [2.05, 4.69) is 25.6 Å². The molecule has 0 radical (unpaired) electrons. The number of aromatic amines is 1. The molecule has 2 amide bonds. The number of hydrogen-bond donors (Lipinski definition) is 5. The number of aliphatic imine (C=N–C) groups is 1. The molecule has 0 spiro atoms. The Labute approximate surface area is 170 Å². The van der Waals surface area contributed by atoms with Crippen LogP contribution in [0.25, 0.3) is 11.0 Å². The molecule has 4 rings (SSSR count). The molecule has 1 aromatic heterocycles. The van der Waals surface area contributed by atoms with Crippen LogP contribution in [-0.4, -0.2) is 39.3 Å². The van der Waals surface area contributed by atoms with Crippen molar-refractivity contribution in [3.8, 4) is 0 Å². The number of nitrogens with two attached hydrogens (primary N) is 1. The van der Waals surface area contributed by atoms with E-state index < -0.39 is 23.4 Å². The largest absolute Gasteiger partial charge is 0.392 e. The predicted molar refractivity (Wildman–Crippen MR) is 108 cm³/mol. The topological polar surface area (TPSA) is 145 Å². The standard InChI is InChI=1S/C19H17ClN6O3/c20-11-6-5-10(8-27)7-14(11)24-16(28)15-19(17(21)29,23-9-22-15)18-25-12-3-1-2-4-13(12)26-18/h1-7,9,15,27H,8H2,(H2,21,29)(H,22,23)(H,24,28)(H,25,26). The Hall–Kier alpha value is -3.43. The van der Waals surface area contributed by atoms with Crippen LogP contribution in [0.2, 0.25) is 5.02 Å². The molecule has 148 valence electrons. The number of amides is 2. The molecule has 6 N–H and O–H groups in total. The Morgan fingerprint density at radius 3 is 2.79 bits per heavy atom. The Balaban J connectivity index is 1.72. The van der Waals surface area contributed by atoms with E-state index in [1.807, 2.05) is 12.1 Å². The summed E-state index contributed by atoms with van der Waals surface area (Å²) in [5.74, 6) is -1.24. The number of benzene rings is 2. The Morgan fingerprint density at radius 2 is 2.07 bits per heavy atom. The van der Waals surface area contributed by atoms with Crippen LogP contribution < -0.4 is 16.4 Å². The van der Waals surface area contributed by atoms with E-state index in [1.165, 1.54) is 6.34 Å². The molecular weight excluding hydrogens is 396 g/mol. The number of hydrogen-bond acceptors (Lipinski definition) is 6. The Morgan fingerprint density at radius 1 is 1.28 bits per heavy atom. The summed E-state index contributed by atoms with van der Waals surface area (Å²) in [7, 11) is 0. The van der Waals surface area contributed by atoms with Gasteiger partial charge in [-0.05, 0) is 29.8 Å². The maximum absolute atomic E-state index is 13.0. The summed E-state index contributed by atoms with van der Waals surface area (Å²) >= 11 is 6.15. The molecule has 9 nitrogen and oxygen atoms in total. The van der Waals surface area contributed by atoms with Gasteiger partial charge in [-0.1, -0.05) is 29.8 Å². The maximum atomic E-state index is 13.0. The van der Waals surface area contributed by atoms with Crippen molar-refractivity contribution in [2.45, 2.75) is 18.2 Å². The lowest BCUT2D eigenvalue weighted by atomic mass is 9.88. The second kappa shape index (κ2) is 7.19. The highest BCUT2D eigenvalue weighted by atomic mass is 35.5. The van der Waals surface area contributed by atoms with E-state index in [-0.39, 0.29) is 23.1 Å². The first-order valence-corrected chi connectivity index (χ1v) is 9.08. The lowest BCUT2D eigenvalue weighted by Gasteiger charge is -2.28. The molecule has 0 bridgehead atoms. The third-order valence-electron chi connectivity index (χ3n) is 4.80. The summed E-state index contributed by atoms with van der Waals surface area (Å²) in [6.07, 6.45) is 1.26. The molecule has 0 saturated carbocycles. The van der Waals surface area contributed by atoms with Crippen molar-refractivity contribution in [3.63, 3.8) is 0 Å². The summed E-state index contributed by atoms with van der Waals surface area (Å²) in [4.78, 5) is 37.2. The zero-order valence-electron chi connectivity index (χ0n) is 15.0. The van der Waals surface area contributed by atoms with Crippen molar-refractivity contribution < 1.29 is 14.7 Å². The number of aromatic nitrogens is 2.